The first kappa shape index (κ1) is 9.94. The van der Waals surface area contributed by atoms with Gasteiger partial charge < -0.3 is 5.73 Å². The number of hydrogen-bond acceptors (Lipinski definition) is 1. The van der Waals surface area contributed by atoms with Gasteiger partial charge in [0.2, 0.25) is 0 Å². The van der Waals surface area contributed by atoms with E-state index in [2.05, 4.69) is 5.92 Å². The summed E-state index contributed by atoms with van der Waals surface area (Å²) in [7, 11) is 0. The van der Waals surface area contributed by atoms with Crippen molar-refractivity contribution in [3.63, 3.8) is 0 Å². The Labute approximate surface area is 50.7 Å². The molecule has 42 valence electrons. The average molecular weight is 120 g/mol. The molecular formula is C5H10ClN. The summed E-state index contributed by atoms with van der Waals surface area (Å²) in [6, 6.07) is 0.162. The largest absolute Gasteiger partial charge is 0.327 e. The summed E-state index contributed by atoms with van der Waals surface area (Å²) in [6.07, 6.45) is 5.58. The summed E-state index contributed by atoms with van der Waals surface area (Å²) in [5.41, 5.74) is 5.26. The topological polar surface area (TPSA) is 26.0 Å². The molecule has 0 aromatic heterocycles. The van der Waals surface area contributed by atoms with Gasteiger partial charge in [-0.05, 0) is 6.92 Å². The molecular weight excluding hydrogens is 110 g/mol. The van der Waals surface area contributed by atoms with Crippen LogP contribution in [0.1, 0.15) is 13.3 Å². The predicted octanol–water partition coefficient (Wildman–Crippen LogP) is 0.779. The maximum atomic E-state index is 5.26. The third-order valence-electron chi connectivity index (χ3n) is 0.440. The van der Waals surface area contributed by atoms with Gasteiger partial charge in [-0.1, -0.05) is 0 Å². The van der Waals surface area contributed by atoms with Gasteiger partial charge in [-0.2, -0.15) is 0 Å². The molecule has 0 spiro atoms. The van der Waals surface area contributed by atoms with Crippen LogP contribution in [0, 0.1) is 12.3 Å². The van der Waals surface area contributed by atoms with Crippen molar-refractivity contribution in [2.24, 2.45) is 5.73 Å². The lowest BCUT2D eigenvalue weighted by molar-refractivity contribution is 0.771. The highest BCUT2D eigenvalue weighted by atomic mass is 35.5. The number of nitrogens with two attached hydrogens (primary N) is 1. The van der Waals surface area contributed by atoms with Crippen molar-refractivity contribution in [2.75, 3.05) is 0 Å². The minimum Gasteiger partial charge on any atom is -0.327 e. The molecule has 1 atom stereocenters. The Hall–Kier alpha value is -0.190. The third-order valence-corrected chi connectivity index (χ3v) is 0.440. The Kier molecular flexibility index (Phi) is 8.25. The molecule has 0 heterocycles. The van der Waals surface area contributed by atoms with Crippen molar-refractivity contribution >= 4 is 12.4 Å². The monoisotopic (exact) mass is 119 g/mol. The lowest BCUT2D eigenvalue weighted by atomic mass is 10.3. The molecule has 0 saturated carbocycles. The molecule has 0 amide bonds. The molecule has 0 aliphatic heterocycles. The van der Waals surface area contributed by atoms with E-state index >= 15 is 0 Å². The summed E-state index contributed by atoms with van der Waals surface area (Å²) in [4.78, 5) is 0. The Morgan fingerprint density at radius 1 is 1.86 bits per heavy atom. The van der Waals surface area contributed by atoms with Crippen LogP contribution in [-0.4, -0.2) is 6.04 Å². The van der Waals surface area contributed by atoms with Gasteiger partial charge in [-0.15, -0.1) is 24.8 Å². The maximum Gasteiger partial charge on any atom is 0.0235 e. The van der Waals surface area contributed by atoms with E-state index in [9.17, 15) is 0 Å². The van der Waals surface area contributed by atoms with Crippen molar-refractivity contribution in [2.45, 2.75) is 19.4 Å². The van der Waals surface area contributed by atoms with E-state index in [0.29, 0.717) is 6.42 Å². The van der Waals surface area contributed by atoms with Crippen LogP contribution >= 0.6 is 12.4 Å². The Bertz CT molecular complexity index is 63.0. The minimum absolute atomic E-state index is 0. The van der Waals surface area contributed by atoms with Crippen LogP contribution in [0.15, 0.2) is 0 Å². The SMILES string of the molecule is C#CCC(C)N.Cl. The number of rotatable bonds is 1. The van der Waals surface area contributed by atoms with E-state index < -0.39 is 0 Å². The van der Waals surface area contributed by atoms with Crippen molar-refractivity contribution in [3.05, 3.63) is 0 Å². The molecule has 7 heavy (non-hydrogen) atoms. The quantitative estimate of drug-likeness (QED) is 0.508. The molecule has 0 aliphatic rings. The Morgan fingerprint density at radius 2 is 2.29 bits per heavy atom. The highest BCUT2D eigenvalue weighted by molar-refractivity contribution is 5.85. The van der Waals surface area contributed by atoms with Gasteiger partial charge in [-0.25, -0.2) is 0 Å². The van der Waals surface area contributed by atoms with Crippen LogP contribution < -0.4 is 5.73 Å². The van der Waals surface area contributed by atoms with Gasteiger partial charge >= 0.3 is 0 Å². The van der Waals surface area contributed by atoms with Gasteiger partial charge in [0, 0.05) is 12.5 Å². The standard InChI is InChI=1S/C5H9N.ClH/c1-3-4-5(2)6;/h1,5H,4,6H2,2H3;1H. The highest BCUT2D eigenvalue weighted by Gasteiger charge is 1.83. The van der Waals surface area contributed by atoms with E-state index in [4.69, 9.17) is 12.2 Å². The summed E-state index contributed by atoms with van der Waals surface area (Å²) >= 11 is 0. The second-order valence-electron chi connectivity index (χ2n) is 1.39. The second-order valence-corrected chi connectivity index (χ2v) is 1.39. The molecule has 2 heteroatoms. The normalized spacial score (nSPS) is 11.0. The van der Waals surface area contributed by atoms with Crippen LogP contribution in [0.4, 0.5) is 0 Å². The number of hydrogen-bond donors (Lipinski definition) is 1. The zero-order chi connectivity index (χ0) is 4.99. The first-order valence-electron chi connectivity index (χ1n) is 1.96. The smallest absolute Gasteiger partial charge is 0.0235 e. The van der Waals surface area contributed by atoms with E-state index in [1.807, 2.05) is 6.92 Å². The highest BCUT2D eigenvalue weighted by Crippen LogP contribution is 1.77. The van der Waals surface area contributed by atoms with E-state index in [1.54, 1.807) is 0 Å². The average Bonchev–Trinajstić information content (AvgIpc) is 1.35. The minimum atomic E-state index is 0. The molecule has 0 bridgehead atoms. The fourth-order valence-corrected chi connectivity index (χ4v) is 0.186. The molecule has 0 aromatic rings. The molecule has 1 unspecified atom stereocenters. The van der Waals surface area contributed by atoms with Crippen LogP contribution in [0.3, 0.4) is 0 Å². The van der Waals surface area contributed by atoms with Gasteiger partial charge in [-0.3, -0.25) is 0 Å². The summed E-state index contributed by atoms with van der Waals surface area (Å²) in [5.74, 6) is 2.44. The zero-order valence-electron chi connectivity index (χ0n) is 4.35. The first-order chi connectivity index (χ1) is 2.77. The van der Waals surface area contributed by atoms with Crippen LogP contribution in [-0.2, 0) is 0 Å². The van der Waals surface area contributed by atoms with Crippen molar-refractivity contribution in [1.82, 2.24) is 0 Å². The Balaban J connectivity index is 0. The van der Waals surface area contributed by atoms with Crippen LogP contribution in [0.5, 0.6) is 0 Å². The molecule has 0 radical (unpaired) electrons. The number of halogens is 1. The lowest BCUT2D eigenvalue weighted by Crippen LogP contribution is -2.12. The van der Waals surface area contributed by atoms with E-state index in [1.165, 1.54) is 0 Å². The molecule has 0 fully saturated rings. The van der Waals surface area contributed by atoms with Crippen molar-refractivity contribution in [3.8, 4) is 12.3 Å². The van der Waals surface area contributed by atoms with Crippen LogP contribution in [0.2, 0.25) is 0 Å². The van der Waals surface area contributed by atoms with E-state index in [0.717, 1.165) is 0 Å². The first-order valence-corrected chi connectivity index (χ1v) is 1.96. The van der Waals surface area contributed by atoms with Gasteiger partial charge in [0.15, 0.2) is 0 Å². The number of terminal acetylenes is 1. The van der Waals surface area contributed by atoms with Gasteiger partial charge in [0.1, 0.15) is 0 Å². The molecule has 0 aliphatic carbocycles. The van der Waals surface area contributed by atoms with Gasteiger partial charge in [0.25, 0.3) is 0 Å². The second kappa shape index (κ2) is 5.81. The summed E-state index contributed by atoms with van der Waals surface area (Å²) in [6.45, 7) is 1.89. The third kappa shape index (κ3) is 10.7. The summed E-state index contributed by atoms with van der Waals surface area (Å²) < 4.78 is 0. The molecule has 0 aromatic carbocycles. The predicted molar refractivity (Wildman–Crippen MR) is 34.3 cm³/mol. The molecule has 0 saturated heterocycles. The fraction of sp³-hybridized carbons (Fsp3) is 0.600. The van der Waals surface area contributed by atoms with Crippen molar-refractivity contribution in [1.29, 1.82) is 0 Å². The molecule has 2 N–H and O–H groups in total. The van der Waals surface area contributed by atoms with E-state index in [-0.39, 0.29) is 18.4 Å². The molecule has 0 rings (SSSR count). The van der Waals surface area contributed by atoms with Crippen LogP contribution in [0.25, 0.3) is 0 Å². The van der Waals surface area contributed by atoms with Gasteiger partial charge in [0.05, 0.1) is 0 Å². The zero-order valence-corrected chi connectivity index (χ0v) is 5.16. The van der Waals surface area contributed by atoms with Crippen molar-refractivity contribution < 1.29 is 0 Å². The Morgan fingerprint density at radius 3 is 2.29 bits per heavy atom. The fourth-order valence-electron chi connectivity index (χ4n) is 0.186. The maximum absolute atomic E-state index is 5.26. The summed E-state index contributed by atoms with van der Waals surface area (Å²) in [5, 5.41) is 0. The lowest BCUT2D eigenvalue weighted by Gasteiger charge is -1.91. The molecule has 1 nitrogen and oxygen atoms in total.